The second-order valence-corrected chi connectivity index (χ2v) is 4.27. The number of aliphatic hydroxyl groups is 1. The van der Waals surface area contributed by atoms with Crippen LogP contribution in [0, 0.1) is 0 Å². The van der Waals surface area contributed by atoms with Gasteiger partial charge in [-0.15, -0.1) is 0 Å². The summed E-state index contributed by atoms with van der Waals surface area (Å²) in [4.78, 5) is 0. The molecule has 4 nitrogen and oxygen atoms in total. The predicted molar refractivity (Wildman–Crippen MR) is 61.3 cm³/mol. The smallest absolute Gasteiger partial charge is 0.164 e. The zero-order valence-corrected chi connectivity index (χ0v) is 10.1. The summed E-state index contributed by atoms with van der Waals surface area (Å²) >= 11 is 0. The van der Waals surface area contributed by atoms with Gasteiger partial charge in [0.25, 0.3) is 0 Å². The van der Waals surface area contributed by atoms with Gasteiger partial charge in [-0.05, 0) is 6.07 Å². The molecule has 4 heteroatoms. The molecule has 0 aliphatic heterocycles. The van der Waals surface area contributed by atoms with Gasteiger partial charge < -0.3 is 19.7 Å². The second-order valence-electron chi connectivity index (χ2n) is 4.27. The summed E-state index contributed by atoms with van der Waals surface area (Å²) in [6, 6.07) is 3.18. The SMILES string of the molecule is COc1cc(O)c(C(C)(C)CO)cc1OC. The van der Waals surface area contributed by atoms with E-state index in [-0.39, 0.29) is 12.4 Å². The molecule has 0 unspecified atom stereocenters. The molecule has 0 aliphatic rings. The normalized spacial score (nSPS) is 11.3. The van der Waals surface area contributed by atoms with Crippen molar-refractivity contribution < 1.29 is 19.7 Å². The summed E-state index contributed by atoms with van der Waals surface area (Å²) in [6.45, 7) is 3.62. The largest absolute Gasteiger partial charge is 0.508 e. The number of hydrogen-bond donors (Lipinski definition) is 2. The maximum atomic E-state index is 9.86. The number of aromatic hydroxyl groups is 1. The van der Waals surface area contributed by atoms with Crippen LogP contribution in [0.1, 0.15) is 19.4 Å². The minimum atomic E-state index is -0.524. The van der Waals surface area contributed by atoms with E-state index in [1.807, 2.05) is 13.8 Å². The van der Waals surface area contributed by atoms with Crippen LogP contribution >= 0.6 is 0 Å². The highest BCUT2D eigenvalue weighted by Crippen LogP contribution is 2.39. The van der Waals surface area contributed by atoms with Crippen molar-refractivity contribution in [1.29, 1.82) is 0 Å². The Hall–Kier alpha value is -1.42. The van der Waals surface area contributed by atoms with Crippen molar-refractivity contribution in [3.8, 4) is 17.2 Å². The first-order valence-electron chi connectivity index (χ1n) is 5.02. The molecule has 1 rings (SSSR count). The van der Waals surface area contributed by atoms with Crippen molar-refractivity contribution in [3.63, 3.8) is 0 Å². The predicted octanol–water partition coefficient (Wildman–Crippen LogP) is 1.68. The molecule has 0 bridgehead atoms. The highest BCUT2D eigenvalue weighted by Gasteiger charge is 2.25. The molecule has 90 valence electrons. The van der Waals surface area contributed by atoms with Crippen LogP contribution in [0.2, 0.25) is 0 Å². The first kappa shape index (κ1) is 12.6. The molecular weight excluding hydrogens is 208 g/mol. The maximum absolute atomic E-state index is 9.86. The lowest BCUT2D eigenvalue weighted by molar-refractivity contribution is 0.214. The van der Waals surface area contributed by atoms with Gasteiger partial charge in [-0.25, -0.2) is 0 Å². The van der Waals surface area contributed by atoms with Crippen LogP contribution in [0.15, 0.2) is 12.1 Å². The fourth-order valence-corrected chi connectivity index (χ4v) is 1.50. The fourth-order valence-electron chi connectivity index (χ4n) is 1.50. The van der Waals surface area contributed by atoms with Gasteiger partial charge in [-0.1, -0.05) is 13.8 Å². The van der Waals surface area contributed by atoms with Gasteiger partial charge in [-0.2, -0.15) is 0 Å². The Morgan fingerprint density at radius 3 is 2.06 bits per heavy atom. The van der Waals surface area contributed by atoms with E-state index in [9.17, 15) is 10.2 Å². The summed E-state index contributed by atoms with van der Waals surface area (Å²) in [7, 11) is 3.04. The van der Waals surface area contributed by atoms with Crippen LogP contribution in [-0.4, -0.2) is 31.0 Å². The van der Waals surface area contributed by atoms with E-state index in [4.69, 9.17) is 9.47 Å². The van der Waals surface area contributed by atoms with E-state index in [1.54, 1.807) is 6.07 Å². The molecule has 16 heavy (non-hydrogen) atoms. The minimum absolute atomic E-state index is 0.0595. The molecule has 0 aliphatic carbocycles. The zero-order valence-electron chi connectivity index (χ0n) is 10.1. The minimum Gasteiger partial charge on any atom is -0.508 e. The fraction of sp³-hybridized carbons (Fsp3) is 0.500. The number of phenols is 1. The molecule has 0 amide bonds. The number of aliphatic hydroxyl groups excluding tert-OH is 1. The molecule has 1 aromatic carbocycles. The topological polar surface area (TPSA) is 58.9 Å². The van der Waals surface area contributed by atoms with Crippen molar-refractivity contribution in [2.45, 2.75) is 19.3 Å². The van der Waals surface area contributed by atoms with Crippen molar-refractivity contribution in [1.82, 2.24) is 0 Å². The molecule has 1 aromatic rings. The quantitative estimate of drug-likeness (QED) is 0.820. The number of ether oxygens (including phenoxy) is 2. The Bertz CT molecular complexity index is 372. The Morgan fingerprint density at radius 1 is 1.12 bits per heavy atom. The van der Waals surface area contributed by atoms with Gasteiger partial charge in [0.15, 0.2) is 11.5 Å². The second kappa shape index (κ2) is 4.61. The van der Waals surface area contributed by atoms with Crippen molar-refractivity contribution in [2.75, 3.05) is 20.8 Å². The molecule has 2 N–H and O–H groups in total. The standard InChI is InChI=1S/C12H18O4/c1-12(2,7-13)8-5-10(15-3)11(16-4)6-9(8)14/h5-6,13-14H,7H2,1-4H3. The highest BCUT2D eigenvalue weighted by atomic mass is 16.5. The Balaban J connectivity index is 3.32. The molecule has 0 heterocycles. The number of methoxy groups -OCH3 is 2. The number of benzene rings is 1. The average Bonchev–Trinajstić information content (AvgIpc) is 2.28. The molecule has 0 spiro atoms. The summed E-state index contributed by atoms with van der Waals surface area (Å²) < 4.78 is 10.2. The van der Waals surface area contributed by atoms with Crippen LogP contribution in [0.25, 0.3) is 0 Å². The Kier molecular flexibility index (Phi) is 3.65. The number of rotatable bonds is 4. The highest BCUT2D eigenvalue weighted by molar-refractivity contribution is 5.52. The van der Waals surface area contributed by atoms with E-state index in [1.165, 1.54) is 20.3 Å². The summed E-state index contributed by atoms with van der Waals surface area (Å²) in [6.07, 6.45) is 0. The van der Waals surface area contributed by atoms with Gasteiger partial charge in [0.05, 0.1) is 20.8 Å². The molecular formula is C12H18O4. The average molecular weight is 226 g/mol. The number of hydrogen-bond acceptors (Lipinski definition) is 4. The van der Waals surface area contributed by atoms with Crippen LogP contribution in [0.4, 0.5) is 0 Å². The van der Waals surface area contributed by atoms with Crippen LogP contribution in [0.5, 0.6) is 17.2 Å². The van der Waals surface area contributed by atoms with Crippen molar-refractivity contribution in [3.05, 3.63) is 17.7 Å². The third-order valence-electron chi connectivity index (χ3n) is 2.63. The molecule has 0 saturated carbocycles. The van der Waals surface area contributed by atoms with Crippen molar-refractivity contribution >= 4 is 0 Å². The first-order chi connectivity index (χ1) is 7.46. The summed E-state index contributed by atoms with van der Waals surface area (Å²) in [5.41, 5.74) is 0.108. The third kappa shape index (κ3) is 2.22. The van der Waals surface area contributed by atoms with E-state index in [0.29, 0.717) is 17.1 Å². The lowest BCUT2D eigenvalue weighted by Gasteiger charge is -2.24. The van der Waals surface area contributed by atoms with Crippen LogP contribution < -0.4 is 9.47 Å². The molecule has 0 fully saturated rings. The maximum Gasteiger partial charge on any atom is 0.164 e. The van der Waals surface area contributed by atoms with Crippen LogP contribution in [0.3, 0.4) is 0 Å². The monoisotopic (exact) mass is 226 g/mol. The van der Waals surface area contributed by atoms with Gasteiger partial charge in [0.1, 0.15) is 5.75 Å². The lowest BCUT2D eigenvalue weighted by atomic mass is 9.84. The Labute approximate surface area is 95.4 Å². The van der Waals surface area contributed by atoms with E-state index in [0.717, 1.165) is 0 Å². The first-order valence-corrected chi connectivity index (χ1v) is 5.02. The van der Waals surface area contributed by atoms with E-state index >= 15 is 0 Å². The molecule has 0 radical (unpaired) electrons. The molecule has 0 aromatic heterocycles. The lowest BCUT2D eigenvalue weighted by Crippen LogP contribution is -2.22. The van der Waals surface area contributed by atoms with Gasteiger partial charge in [0.2, 0.25) is 0 Å². The van der Waals surface area contributed by atoms with Gasteiger partial charge in [0, 0.05) is 17.0 Å². The summed E-state index contributed by atoms with van der Waals surface area (Å²) in [5, 5.41) is 19.1. The number of phenolic OH excluding ortho intramolecular Hbond substituents is 1. The van der Waals surface area contributed by atoms with Gasteiger partial charge in [-0.3, -0.25) is 0 Å². The van der Waals surface area contributed by atoms with Crippen molar-refractivity contribution in [2.24, 2.45) is 0 Å². The van der Waals surface area contributed by atoms with E-state index in [2.05, 4.69) is 0 Å². The Morgan fingerprint density at radius 2 is 1.62 bits per heavy atom. The third-order valence-corrected chi connectivity index (χ3v) is 2.63. The summed E-state index contributed by atoms with van der Waals surface area (Å²) in [5.74, 6) is 1.10. The molecule has 0 saturated heterocycles. The van der Waals surface area contributed by atoms with Gasteiger partial charge >= 0.3 is 0 Å². The van der Waals surface area contributed by atoms with Crippen LogP contribution in [-0.2, 0) is 5.41 Å². The zero-order chi connectivity index (χ0) is 12.3. The van der Waals surface area contributed by atoms with E-state index < -0.39 is 5.41 Å². The molecule has 0 atom stereocenters.